The molecule has 5 nitrogen and oxygen atoms in total. The van der Waals surface area contributed by atoms with Crippen molar-refractivity contribution in [3.05, 3.63) is 0 Å². The second-order valence-corrected chi connectivity index (χ2v) is 5.18. The van der Waals surface area contributed by atoms with Crippen LogP contribution in [0, 0.1) is 0 Å². The number of alkyl halides is 1. The molecule has 0 spiro atoms. The minimum absolute atomic E-state index is 0.0885. The van der Waals surface area contributed by atoms with Gasteiger partial charge in [0.05, 0.1) is 0 Å². The fourth-order valence-electron chi connectivity index (χ4n) is 2.20. The molecular formula is C13H23ClN2O3. The molecule has 0 atom stereocenters. The van der Waals surface area contributed by atoms with Crippen molar-refractivity contribution >= 4 is 23.4 Å². The van der Waals surface area contributed by atoms with E-state index in [1.807, 2.05) is 4.90 Å². The lowest BCUT2D eigenvalue weighted by molar-refractivity contribution is -0.132. The quantitative estimate of drug-likeness (QED) is 0.565. The second-order valence-electron chi connectivity index (χ2n) is 4.80. The number of rotatable bonds is 7. The highest BCUT2D eigenvalue weighted by Crippen LogP contribution is 2.12. The molecule has 0 aromatic rings. The number of hydrogen-bond acceptors (Lipinski definition) is 3. The number of nitrogens with zero attached hydrogens (tertiary/aromatic N) is 1. The number of piperidine rings is 1. The summed E-state index contributed by atoms with van der Waals surface area (Å²) >= 11 is 5.59. The second kappa shape index (κ2) is 9.15. The van der Waals surface area contributed by atoms with Gasteiger partial charge in [-0.1, -0.05) is 0 Å². The van der Waals surface area contributed by atoms with Crippen molar-refractivity contribution in [2.75, 3.05) is 32.7 Å². The Labute approximate surface area is 119 Å². The normalized spacial score (nSPS) is 16.4. The average Bonchev–Trinajstić information content (AvgIpc) is 2.40. The van der Waals surface area contributed by atoms with Gasteiger partial charge < -0.3 is 15.0 Å². The van der Waals surface area contributed by atoms with E-state index in [1.165, 1.54) is 7.11 Å². The molecule has 110 valence electrons. The SMILES string of the molecule is COCC(=O)NC1CCN(C(=O)CCCCCl)CC1. The van der Waals surface area contributed by atoms with Gasteiger partial charge in [-0.25, -0.2) is 0 Å². The summed E-state index contributed by atoms with van der Waals surface area (Å²) in [4.78, 5) is 25.1. The van der Waals surface area contributed by atoms with Crippen LogP contribution in [0.1, 0.15) is 32.1 Å². The molecule has 1 aliphatic heterocycles. The Morgan fingerprint density at radius 3 is 2.58 bits per heavy atom. The summed E-state index contributed by atoms with van der Waals surface area (Å²) in [7, 11) is 1.50. The molecule has 1 heterocycles. The lowest BCUT2D eigenvalue weighted by Crippen LogP contribution is -2.47. The number of halogens is 1. The van der Waals surface area contributed by atoms with Crippen LogP contribution in [0.5, 0.6) is 0 Å². The first-order chi connectivity index (χ1) is 9.17. The molecule has 0 unspecified atom stereocenters. The molecule has 0 radical (unpaired) electrons. The Kier molecular flexibility index (Phi) is 7.82. The number of nitrogens with one attached hydrogen (secondary N) is 1. The van der Waals surface area contributed by atoms with Crippen molar-refractivity contribution in [1.82, 2.24) is 10.2 Å². The first-order valence-corrected chi connectivity index (χ1v) is 7.33. The summed E-state index contributed by atoms with van der Waals surface area (Å²) in [5.74, 6) is 0.724. The first-order valence-electron chi connectivity index (χ1n) is 6.79. The highest BCUT2D eigenvalue weighted by molar-refractivity contribution is 6.17. The van der Waals surface area contributed by atoms with Crippen molar-refractivity contribution in [1.29, 1.82) is 0 Å². The third kappa shape index (κ3) is 6.25. The fourth-order valence-corrected chi connectivity index (χ4v) is 2.39. The van der Waals surface area contributed by atoms with E-state index in [4.69, 9.17) is 16.3 Å². The maximum absolute atomic E-state index is 11.9. The van der Waals surface area contributed by atoms with Gasteiger partial charge in [0.2, 0.25) is 11.8 Å². The molecule has 0 aromatic carbocycles. The van der Waals surface area contributed by atoms with Gasteiger partial charge in [-0.2, -0.15) is 0 Å². The van der Waals surface area contributed by atoms with Crippen molar-refractivity contribution in [2.24, 2.45) is 0 Å². The van der Waals surface area contributed by atoms with Gasteiger partial charge in [0.1, 0.15) is 6.61 Å². The van der Waals surface area contributed by atoms with E-state index in [9.17, 15) is 9.59 Å². The molecule has 0 saturated carbocycles. The van der Waals surface area contributed by atoms with Crippen molar-refractivity contribution in [2.45, 2.75) is 38.1 Å². The predicted molar refractivity (Wildman–Crippen MR) is 74.2 cm³/mol. The summed E-state index contributed by atoms with van der Waals surface area (Å²) in [5.41, 5.74) is 0. The van der Waals surface area contributed by atoms with Crippen LogP contribution in [-0.4, -0.2) is 55.4 Å². The average molecular weight is 291 g/mol. The molecule has 2 amide bonds. The number of methoxy groups -OCH3 is 1. The largest absolute Gasteiger partial charge is 0.375 e. The minimum atomic E-state index is -0.0885. The van der Waals surface area contributed by atoms with E-state index in [1.54, 1.807) is 0 Å². The van der Waals surface area contributed by atoms with Gasteiger partial charge in [0.15, 0.2) is 0 Å². The van der Waals surface area contributed by atoms with Crippen LogP contribution in [0.3, 0.4) is 0 Å². The molecule has 19 heavy (non-hydrogen) atoms. The van der Waals surface area contributed by atoms with Crippen LogP contribution >= 0.6 is 11.6 Å². The number of hydrogen-bond donors (Lipinski definition) is 1. The van der Waals surface area contributed by atoms with E-state index in [-0.39, 0.29) is 24.5 Å². The third-order valence-electron chi connectivity index (χ3n) is 3.26. The monoisotopic (exact) mass is 290 g/mol. The van der Waals surface area contributed by atoms with Crippen LogP contribution in [0.15, 0.2) is 0 Å². The Morgan fingerprint density at radius 2 is 2.00 bits per heavy atom. The zero-order valence-corrected chi connectivity index (χ0v) is 12.2. The van der Waals surface area contributed by atoms with E-state index >= 15 is 0 Å². The molecule has 0 aromatic heterocycles. The molecular weight excluding hydrogens is 268 g/mol. The Morgan fingerprint density at radius 1 is 1.32 bits per heavy atom. The Hall–Kier alpha value is -0.810. The topological polar surface area (TPSA) is 58.6 Å². The van der Waals surface area contributed by atoms with Crippen LogP contribution in [-0.2, 0) is 14.3 Å². The van der Waals surface area contributed by atoms with Gasteiger partial charge in [-0.15, -0.1) is 11.6 Å². The third-order valence-corrected chi connectivity index (χ3v) is 3.53. The summed E-state index contributed by atoms with van der Waals surface area (Å²) in [6.45, 7) is 1.53. The Balaban J connectivity index is 2.21. The maximum atomic E-state index is 11.9. The maximum Gasteiger partial charge on any atom is 0.246 e. The number of likely N-dealkylation sites (tertiary alicyclic amines) is 1. The molecule has 0 aliphatic carbocycles. The molecule has 1 N–H and O–H groups in total. The zero-order valence-electron chi connectivity index (χ0n) is 11.5. The van der Waals surface area contributed by atoms with Crippen LogP contribution < -0.4 is 5.32 Å². The zero-order chi connectivity index (χ0) is 14.1. The van der Waals surface area contributed by atoms with Gasteiger partial charge in [0.25, 0.3) is 0 Å². The van der Waals surface area contributed by atoms with Crippen LogP contribution in [0.4, 0.5) is 0 Å². The van der Waals surface area contributed by atoms with E-state index < -0.39 is 0 Å². The number of carbonyl (C=O) groups is 2. The van der Waals surface area contributed by atoms with Crippen molar-refractivity contribution in [3.63, 3.8) is 0 Å². The number of ether oxygens (including phenoxy) is 1. The first kappa shape index (κ1) is 16.2. The van der Waals surface area contributed by atoms with Gasteiger partial charge >= 0.3 is 0 Å². The number of carbonyl (C=O) groups excluding carboxylic acids is 2. The Bertz CT molecular complexity index is 292. The summed E-state index contributed by atoms with van der Waals surface area (Å²) in [6.07, 6.45) is 3.95. The van der Waals surface area contributed by atoms with Gasteiger partial charge in [-0.3, -0.25) is 9.59 Å². The molecule has 1 saturated heterocycles. The lowest BCUT2D eigenvalue weighted by Gasteiger charge is -2.32. The predicted octanol–water partition coefficient (Wildman–Crippen LogP) is 1.15. The molecule has 6 heteroatoms. The van der Waals surface area contributed by atoms with E-state index in [0.29, 0.717) is 12.3 Å². The standard InChI is InChI=1S/C13H23ClN2O3/c1-19-10-12(17)15-11-5-8-16(9-6-11)13(18)4-2-3-7-14/h11H,2-10H2,1H3,(H,15,17). The molecule has 1 fully saturated rings. The summed E-state index contributed by atoms with van der Waals surface area (Å²) < 4.78 is 4.77. The van der Waals surface area contributed by atoms with E-state index in [2.05, 4.69) is 5.32 Å². The molecule has 1 rings (SSSR count). The highest BCUT2D eigenvalue weighted by atomic mass is 35.5. The molecule has 0 bridgehead atoms. The summed E-state index contributed by atoms with van der Waals surface area (Å²) in [6, 6.07) is 0.162. The fraction of sp³-hybridized carbons (Fsp3) is 0.846. The highest BCUT2D eigenvalue weighted by Gasteiger charge is 2.23. The smallest absolute Gasteiger partial charge is 0.246 e. The van der Waals surface area contributed by atoms with Gasteiger partial charge in [-0.05, 0) is 25.7 Å². The van der Waals surface area contributed by atoms with Gasteiger partial charge in [0, 0.05) is 38.5 Å². The van der Waals surface area contributed by atoms with Crippen molar-refractivity contribution in [3.8, 4) is 0 Å². The number of amides is 2. The minimum Gasteiger partial charge on any atom is -0.375 e. The van der Waals surface area contributed by atoms with E-state index in [0.717, 1.165) is 38.8 Å². The van der Waals surface area contributed by atoms with Crippen LogP contribution in [0.2, 0.25) is 0 Å². The summed E-state index contributed by atoms with van der Waals surface area (Å²) in [5, 5.41) is 2.91. The van der Waals surface area contributed by atoms with Crippen LogP contribution in [0.25, 0.3) is 0 Å². The molecule has 1 aliphatic rings. The number of unbranched alkanes of at least 4 members (excludes halogenated alkanes) is 1. The lowest BCUT2D eigenvalue weighted by atomic mass is 10.0. The van der Waals surface area contributed by atoms with Crippen molar-refractivity contribution < 1.29 is 14.3 Å².